The van der Waals surface area contributed by atoms with Crippen molar-refractivity contribution in [3.8, 4) is 0 Å². The molecule has 0 aliphatic heterocycles. The van der Waals surface area contributed by atoms with Crippen LogP contribution >= 0.6 is 0 Å². The second-order valence-electron chi connectivity index (χ2n) is 3.97. The van der Waals surface area contributed by atoms with Gasteiger partial charge in [0.1, 0.15) is 0 Å². The number of carbonyl (C=O) groups is 1. The molecule has 0 aromatic rings. The third-order valence-corrected chi connectivity index (χ3v) is 2.82. The van der Waals surface area contributed by atoms with Gasteiger partial charge in [-0.2, -0.15) is 0 Å². The minimum atomic E-state index is 0.0891. The molecule has 14 heavy (non-hydrogen) atoms. The average molecular weight is 196 g/mol. The van der Waals surface area contributed by atoms with E-state index in [1.807, 2.05) is 0 Å². The van der Waals surface area contributed by atoms with Crippen LogP contribution in [0.1, 0.15) is 26.2 Å². The van der Waals surface area contributed by atoms with Crippen molar-refractivity contribution in [1.82, 2.24) is 10.6 Å². The third kappa shape index (κ3) is 3.50. The van der Waals surface area contributed by atoms with E-state index < -0.39 is 0 Å². The Hall–Kier alpha value is -0.830. The van der Waals surface area contributed by atoms with Crippen LogP contribution < -0.4 is 10.6 Å². The molecule has 3 heteroatoms. The van der Waals surface area contributed by atoms with Gasteiger partial charge in [-0.1, -0.05) is 12.5 Å². The van der Waals surface area contributed by atoms with E-state index in [9.17, 15) is 4.79 Å². The Morgan fingerprint density at radius 3 is 2.86 bits per heavy atom. The van der Waals surface area contributed by atoms with Gasteiger partial charge >= 0.3 is 0 Å². The highest BCUT2D eigenvalue weighted by molar-refractivity contribution is 5.78. The van der Waals surface area contributed by atoms with E-state index >= 15 is 0 Å². The minimum Gasteiger partial charge on any atom is -0.352 e. The van der Waals surface area contributed by atoms with Crippen LogP contribution in [0.3, 0.4) is 0 Å². The maximum Gasteiger partial charge on any atom is 0.234 e. The molecule has 2 N–H and O–H groups in total. The van der Waals surface area contributed by atoms with Gasteiger partial charge in [0.2, 0.25) is 5.91 Å². The molecule has 1 rings (SSSR count). The Balaban J connectivity index is 2.09. The zero-order valence-electron chi connectivity index (χ0n) is 8.88. The number of hydrogen-bond acceptors (Lipinski definition) is 2. The molecule has 0 bridgehead atoms. The van der Waals surface area contributed by atoms with Gasteiger partial charge in [-0.3, -0.25) is 4.79 Å². The van der Waals surface area contributed by atoms with E-state index in [0.717, 1.165) is 0 Å². The topological polar surface area (TPSA) is 41.1 Å². The lowest BCUT2D eigenvalue weighted by molar-refractivity contribution is -0.121. The Morgan fingerprint density at radius 2 is 2.36 bits per heavy atom. The molecule has 1 aliphatic rings. The molecule has 1 unspecified atom stereocenters. The predicted octanol–water partition coefficient (Wildman–Crippen LogP) is 1.07. The highest BCUT2D eigenvalue weighted by Gasteiger charge is 2.24. The second kappa shape index (κ2) is 5.81. The van der Waals surface area contributed by atoms with Crippen LogP contribution in [0.2, 0.25) is 0 Å². The summed E-state index contributed by atoms with van der Waals surface area (Å²) in [5.74, 6) is 0.796. The summed E-state index contributed by atoms with van der Waals surface area (Å²) in [5, 5.41) is 5.99. The van der Waals surface area contributed by atoms with Crippen LogP contribution in [0.5, 0.6) is 0 Å². The first-order chi connectivity index (χ1) is 6.74. The summed E-state index contributed by atoms with van der Waals surface area (Å²) in [5.41, 5.74) is 0. The van der Waals surface area contributed by atoms with Gasteiger partial charge in [0.25, 0.3) is 0 Å². The first kappa shape index (κ1) is 11.2. The molecular weight excluding hydrogens is 176 g/mol. The normalized spacial score (nSPS) is 18.4. The van der Waals surface area contributed by atoms with E-state index in [1.165, 1.54) is 19.3 Å². The number of hydrogen-bond donors (Lipinski definition) is 2. The summed E-state index contributed by atoms with van der Waals surface area (Å²) < 4.78 is 0. The van der Waals surface area contributed by atoms with Crippen molar-refractivity contribution >= 4 is 5.91 Å². The highest BCUT2D eigenvalue weighted by Crippen LogP contribution is 2.29. The molecule has 1 aliphatic carbocycles. The van der Waals surface area contributed by atoms with Crippen molar-refractivity contribution in [2.45, 2.75) is 32.2 Å². The van der Waals surface area contributed by atoms with Gasteiger partial charge in [-0.25, -0.2) is 0 Å². The lowest BCUT2D eigenvalue weighted by Crippen LogP contribution is -2.44. The van der Waals surface area contributed by atoms with E-state index in [-0.39, 0.29) is 5.91 Å². The molecule has 0 radical (unpaired) electrons. The van der Waals surface area contributed by atoms with Gasteiger partial charge < -0.3 is 10.6 Å². The fourth-order valence-electron chi connectivity index (χ4n) is 1.65. The number of nitrogens with one attached hydrogen (secondary N) is 2. The molecule has 0 saturated heterocycles. The van der Waals surface area contributed by atoms with Crippen LogP contribution in [-0.4, -0.2) is 25.0 Å². The van der Waals surface area contributed by atoms with Crippen LogP contribution in [0.15, 0.2) is 12.7 Å². The van der Waals surface area contributed by atoms with Crippen molar-refractivity contribution in [2.75, 3.05) is 13.1 Å². The molecule has 1 fully saturated rings. The Kier molecular flexibility index (Phi) is 4.66. The smallest absolute Gasteiger partial charge is 0.234 e. The van der Waals surface area contributed by atoms with Gasteiger partial charge in [0.05, 0.1) is 6.54 Å². The fourth-order valence-corrected chi connectivity index (χ4v) is 1.65. The summed E-state index contributed by atoms with van der Waals surface area (Å²) >= 11 is 0. The second-order valence-corrected chi connectivity index (χ2v) is 3.97. The minimum absolute atomic E-state index is 0.0891. The first-order valence-electron chi connectivity index (χ1n) is 5.35. The standard InChI is InChI=1S/C11H20N2O/c1-3-7-12-8-11(14)13-9(2)10-5-4-6-10/h3,9-10,12H,1,4-8H2,2H3,(H,13,14). The number of carbonyl (C=O) groups excluding carboxylic acids is 1. The zero-order chi connectivity index (χ0) is 10.4. The molecular formula is C11H20N2O. The van der Waals surface area contributed by atoms with Gasteiger partial charge in [0, 0.05) is 12.6 Å². The van der Waals surface area contributed by atoms with Crippen molar-refractivity contribution in [1.29, 1.82) is 0 Å². The third-order valence-electron chi connectivity index (χ3n) is 2.82. The molecule has 0 heterocycles. The fraction of sp³-hybridized carbons (Fsp3) is 0.727. The van der Waals surface area contributed by atoms with Gasteiger partial charge in [-0.05, 0) is 25.7 Å². The van der Waals surface area contributed by atoms with Crippen LogP contribution in [0, 0.1) is 5.92 Å². The van der Waals surface area contributed by atoms with Crippen LogP contribution in [-0.2, 0) is 4.79 Å². The molecule has 0 aromatic carbocycles. The zero-order valence-corrected chi connectivity index (χ0v) is 8.88. The maximum atomic E-state index is 11.4. The van der Waals surface area contributed by atoms with E-state index in [2.05, 4.69) is 24.1 Å². The summed E-state index contributed by atoms with van der Waals surface area (Å²) in [7, 11) is 0. The van der Waals surface area contributed by atoms with Crippen molar-refractivity contribution in [3.63, 3.8) is 0 Å². The Bertz CT molecular complexity index is 199. The van der Waals surface area contributed by atoms with Crippen molar-refractivity contribution < 1.29 is 4.79 Å². The lowest BCUT2D eigenvalue weighted by atomic mass is 9.80. The molecule has 0 spiro atoms. The monoisotopic (exact) mass is 196 g/mol. The quantitative estimate of drug-likeness (QED) is 0.493. The molecule has 1 atom stereocenters. The molecule has 80 valence electrons. The van der Waals surface area contributed by atoms with Gasteiger partial charge in [0.15, 0.2) is 0 Å². The van der Waals surface area contributed by atoms with Crippen molar-refractivity contribution in [2.24, 2.45) is 5.92 Å². The largest absolute Gasteiger partial charge is 0.352 e. The summed E-state index contributed by atoms with van der Waals surface area (Å²) in [6.07, 6.45) is 5.60. The van der Waals surface area contributed by atoms with Crippen molar-refractivity contribution in [3.05, 3.63) is 12.7 Å². The van der Waals surface area contributed by atoms with E-state index in [4.69, 9.17) is 0 Å². The maximum absolute atomic E-state index is 11.4. The molecule has 0 aromatic heterocycles. The van der Waals surface area contributed by atoms with Crippen LogP contribution in [0.25, 0.3) is 0 Å². The predicted molar refractivity (Wildman–Crippen MR) is 58.0 cm³/mol. The SMILES string of the molecule is C=CCNCC(=O)NC(C)C1CCC1. The molecule has 1 amide bonds. The molecule has 3 nitrogen and oxygen atoms in total. The Morgan fingerprint density at radius 1 is 1.64 bits per heavy atom. The first-order valence-corrected chi connectivity index (χ1v) is 5.35. The number of rotatable bonds is 6. The lowest BCUT2D eigenvalue weighted by Gasteiger charge is -2.31. The van der Waals surface area contributed by atoms with E-state index in [1.54, 1.807) is 6.08 Å². The molecule has 1 saturated carbocycles. The summed E-state index contributed by atoms with van der Waals surface area (Å²) in [6.45, 7) is 6.75. The highest BCUT2D eigenvalue weighted by atomic mass is 16.1. The summed E-state index contributed by atoms with van der Waals surface area (Å²) in [6, 6.07) is 0.335. The van der Waals surface area contributed by atoms with Crippen LogP contribution in [0.4, 0.5) is 0 Å². The van der Waals surface area contributed by atoms with Gasteiger partial charge in [-0.15, -0.1) is 6.58 Å². The average Bonchev–Trinajstić information content (AvgIpc) is 2.00. The summed E-state index contributed by atoms with van der Waals surface area (Å²) in [4.78, 5) is 11.4. The van der Waals surface area contributed by atoms with E-state index in [0.29, 0.717) is 25.0 Å². The Labute approximate surface area is 86.0 Å². The number of amides is 1.